The van der Waals surface area contributed by atoms with Gasteiger partial charge in [-0.2, -0.15) is 18.3 Å². The van der Waals surface area contributed by atoms with Crippen LogP contribution < -0.4 is 5.32 Å². The molecular formula is C26H31F3N6O4S. The van der Waals surface area contributed by atoms with Crippen molar-refractivity contribution in [3.8, 4) is 11.3 Å². The molecule has 0 aliphatic carbocycles. The molecule has 0 spiro atoms. The molecule has 0 radical (unpaired) electrons. The van der Waals surface area contributed by atoms with Crippen LogP contribution in [0.3, 0.4) is 0 Å². The first-order valence-electron chi connectivity index (χ1n) is 12.6. The Morgan fingerprint density at radius 3 is 2.35 bits per heavy atom. The lowest BCUT2D eigenvalue weighted by Gasteiger charge is -2.33. The van der Waals surface area contributed by atoms with Gasteiger partial charge in [-0.3, -0.25) is 4.68 Å². The van der Waals surface area contributed by atoms with Gasteiger partial charge in [0.15, 0.2) is 9.84 Å². The summed E-state index contributed by atoms with van der Waals surface area (Å²) in [7, 11) is -2.11. The van der Waals surface area contributed by atoms with Crippen LogP contribution in [-0.4, -0.2) is 63.1 Å². The molecule has 1 aromatic carbocycles. The lowest BCUT2D eigenvalue weighted by molar-refractivity contribution is -0.137. The van der Waals surface area contributed by atoms with Gasteiger partial charge in [-0.1, -0.05) is 0 Å². The van der Waals surface area contributed by atoms with Crippen molar-refractivity contribution in [2.75, 3.05) is 18.4 Å². The first-order valence-corrected chi connectivity index (χ1v) is 14.1. The number of rotatable bonds is 5. The van der Waals surface area contributed by atoms with Crippen molar-refractivity contribution in [3.63, 3.8) is 0 Å². The number of aromatic nitrogens is 4. The van der Waals surface area contributed by atoms with Crippen molar-refractivity contribution in [2.45, 2.75) is 62.5 Å². The minimum absolute atomic E-state index is 0.0833. The first kappa shape index (κ1) is 29.3. The molecule has 1 saturated heterocycles. The highest BCUT2D eigenvalue weighted by atomic mass is 32.2. The van der Waals surface area contributed by atoms with Crippen LogP contribution in [-0.2, 0) is 27.8 Å². The molecule has 3 aromatic rings. The standard InChI is InChI=1S/C26H31F3N6O4S/c1-16-12-19(40(37,38)18-8-10-35(11-9-18)24(36)39-25(2,3)4)6-7-21(16)32-23-30-14-20(26(27,28)29)22(33-23)17-13-31-34(5)15-17/h6-7,12-15,18H,8-11H2,1-5H3,(H,30,32,33). The molecule has 1 aliphatic rings. The van der Waals surface area contributed by atoms with E-state index in [-0.39, 0.29) is 48.0 Å². The monoisotopic (exact) mass is 580 g/mol. The Balaban J connectivity index is 1.51. The van der Waals surface area contributed by atoms with Crippen LogP contribution in [0.2, 0.25) is 0 Å². The summed E-state index contributed by atoms with van der Waals surface area (Å²) in [4.78, 5) is 21.9. The summed E-state index contributed by atoms with van der Waals surface area (Å²) in [5, 5.41) is 6.16. The highest BCUT2D eigenvalue weighted by Crippen LogP contribution is 2.36. The number of benzene rings is 1. The normalized spacial score (nSPS) is 15.2. The minimum Gasteiger partial charge on any atom is -0.444 e. The number of hydrogen-bond acceptors (Lipinski definition) is 8. The van der Waals surface area contributed by atoms with E-state index in [1.165, 1.54) is 40.2 Å². The quantitative estimate of drug-likeness (QED) is 0.442. The van der Waals surface area contributed by atoms with E-state index in [2.05, 4.69) is 20.4 Å². The number of sulfone groups is 1. The van der Waals surface area contributed by atoms with Crippen molar-refractivity contribution in [1.29, 1.82) is 0 Å². The van der Waals surface area contributed by atoms with Crippen LogP contribution in [0.5, 0.6) is 0 Å². The number of aryl methyl sites for hydroxylation is 2. The smallest absolute Gasteiger partial charge is 0.419 e. The lowest BCUT2D eigenvalue weighted by atomic mass is 10.1. The predicted octanol–water partition coefficient (Wildman–Crippen LogP) is 5.12. The number of halogens is 3. The Bertz CT molecular complexity index is 1510. The van der Waals surface area contributed by atoms with Crippen molar-refractivity contribution in [2.24, 2.45) is 7.05 Å². The van der Waals surface area contributed by atoms with E-state index in [1.807, 2.05) is 0 Å². The van der Waals surface area contributed by atoms with Gasteiger partial charge in [0.2, 0.25) is 5.95 Å². The largest absolute Gasteiger partial charge is 0.444 e. The molecule has 10 nitrogen and oxygen atoms in total. The van der Waals surface area contributed by atoms with E-state index in [0.29, 0.717) is 17.4 Å². The molecule has 0 unspecified atom stereocenters. The minimum atomic E-state index is -4.67. The van der Waals surface area contributed by atoms with Gasteiger partial charge < -0.3 is 15.0 Å². The van der Waals surface area contributed by atoms with Crippen molar-refractivity contribution in [1.82, 2.24) is 24.6 Å². The number of likely N-dealkylation sites (tertiary alicyclic amines) is 1. The number of nitrogens with one attached hydrogen (secondary N) is 1. The Hall–Kier alpha value is -3.68. The van der Waals surface area contributed by atoms with Gasteiger partial charge in [-0.15, -0.1) is 0 Å². The number of alkyl halides is 3. The summed E-state index contributed by atoms with van der Waals surface area (Å²) in [6.07, 6.45) is -1.18. The van der Waals surface area contributed by atoms with E-state index < -0.39 is 38.5 Å². The van der Waals surface area contributed by atoms with Crippen LogP contribution in [0.25, 0.3) is 11.3 Å². The molecule has 0 atom stereocenters. The summed E-state index contributed by atoms with van der Waals surface area (Å²) in [5.41, 5.74) is -0.806. The van der Waals surface area contributed by atoms with Gasteiger partial charge in [0.05, 0.1) is 22.0 Å². The number of anilines is 2. The summed E-state index contributed by atoms with van der Waals surface area (Å²) in [6, 6.07) is 4.48. The zero-order valence-electron chi connectivity index (χ0n) is 22.8. The number of hydrogen-bond donors (Lipinski definition) is 1. The summed E-state index contributed by atoms with van der Waals surface area (Å²) >= 11 is 0. The average Bonchev–Trinajstić information content (AvgIpc) is 3.29. The average molecular weight is 581 g/mol. The second-order valence-electron chi connectivity index (χ2n) is 10.7. The fourth-order valence-electron chi connectivity index (χ4n) is 4.35. The zero-order chi connectivity index (χ0) is 29.5. The zero-order valence-corrected chi connectivity index (χ0v) is 23.6. The molecule has 0 bridgehead atoms. The predicted molar refractivity (Wildman–Crippen MR) is 142 cm³/mol. The number of piperidine rings is 1. The fourth-order valence-corrected chi connectivity index (χ4v) is 6.17. The van der Waals surface area contributed by atoms with Gasteiger partial charge in [0.1, 0.15) is 11.2 Å². The number of nitrogens with zero attached hydrogens (tertiary/aromatic N) is 5. The SMILES string of the molecule is Cc1cc(S(=O)(=O)C2CCN(C(=O)OC(C)(C)C)CC2)ccc1Nc1ncc(C(F)(F)F)c(-c2cnn(C)c2)n1. The maximum Gasteiger partial charge on any atom is 0.419 e. The summed E-state index contributed by atoms with van der Waals surface area (Å²) in [5.74, 6) is -0.0833. The Morgan fingerprint density at radius 2 is 1.80 bits per heavy atom. The molecular weight excluding hydrogens is 549 g/mol. The highest BCUT2D eigenvalue weighted by Gasteiger charge is 2.36. The molecule has 1 fully saturated rings. The molecule has 1 N–H and O–H groups in total. The Kier molecular flexibility index (Phi) is 7.85. The Labute approximate surface area is 230 Å². The van der Waals surface area contributed by atoms with Crippen molar-refractivity contribution < 1.29 is 31.1 Å². The van der Waals surface area contributed by atoms with E-state index in [9.17, 15) is 26.4 Å². The van der Waals surface area contributed by atoms with Gasteiger partial charge in [-0.25, -0.2) is 23.2 Å². The van der Waals surface area contributed by atoms with Gasteiger partial charge in [-0.05, 0) is 64.3 Å². The molecule has 14 heteroatoms. The summed E-state index contributed by atoms with van der Waals surface area (Å²) in [6.45, 7) is 7.52. The molecule has 3 heterocycles. The maximum atomic E-state index is 13.6. The topological polar surface area (TPSA) is 119 Å². The van der Waals surface area contributed by atoms with E-state index >= 15 is 0 Å². The molecule has 40 heavy (non-hydrogen) atoms. The third-order valence-corrected chi connectivity index (χ3v) is 8.64. The third kappa shape index (κ3) is 6.54. The summed E-state index contributed by atoms with van der Waals surface area (Å²) < 4.78 is 74.2. The van der Waals surface area contributed by atoms with Crippen LogP contribution in [0.15, 0.2) is 41.7 Å². The van der Waals surface area contributed by atoms with Crippen LogP contribution >= 0.6 is 0 Å². The number of amides is 1. The second-order valence-corrected chi connectivity index (χ2v) is 12.9. The molecule has 1 amide bonds. The van der Waals surface area contributed by atoms with E-state index in [1.54, 1.807) is 34.7 Å². The van der Waals surface area contributed by atoms with Crippen LogP contribution in [0.4, 0.5) is 29.6 Å². The fraction of sp³-hybridized carbons (Fsp3) is 0.462. The third-order valence-electron chi connectivity index (χ3n) is 6.38. The molecule has 1 aliphatic heterocycles. The maximum absolute atomic E-state index is 13.6. The van der Waals surface area contributed by atoms with Crippen LogP contribution in [0.1, 0.15) is 44.7 Å². The number of carbonyl (C=O) groups excluding carboxylic acids is 1. The van der Waals surface area contributed by atoms with E-state index in [0.717, 1.165) is 0 Å². The van der Waals surface area contributed by atoms with Crippen molar-refractivity contribution >= 4 is 27.6 Å². The molecule has 0 saturated carbocycles. The molecule has 216 valence electrons. The van der Waals surface area contributed by atoms with Gasteiger partial charge in [0, 0.05) is 43.8 Å². The number of carbonyl (C=O) groups is 1. The second kappa shape index (κ2) is 10.7. The van der Waals surface area contributed by atoms with Crippen LogP contribution in [0, 0.1) is 6.92 Å². The first-order chi connectivity index (χ1) is 18.5. The molecule has 2 aromatic heterocycles. The highest BCUT2D eigenvalue weighted by molar-refractivity contribution is 7.92. The number of ether oxygens (including phenoxy) is 1. The van der Waals surface area contributed by atoms with E-state index in [4.69, 9.17) is 4.74 Å². The molecule has 4 rings (SSSR count). The Morgan fingerprint density at radius 1 is 1.12 bits per heavy atom. The van der Waals surface area contributed by atoms with Gasteiger partial charge >= 0.3 is 12.3 Å². The van der Waals surface area contributed by atoms with Crippen molar-refractivity contribution in [3.05, 3.63) is 47.9 Å². The lowest BCUT2D eigenvalue weighted by Crippen LogP contribution is -2.44. The van der Waals surface area contributed by atoms with Gasteiger partial charge in [0.25, 0.3) is 0 Å².